The molecule has 11 heteroatoms. The van der Waals surface area contributed by atoms with Gasteiger partial charge in [0.1, 0.15) is 0 Å². The zero-order valence-corrected chi connectivity index (χ0v) is 51.6. The van der Waals surface area contributed by atoms with Crippen molar-refractivity contribution in [2.75, 3.05) is 46.8 Å². The monoisotopic (exact) mass is 1120 g/mol. The van der Waals surface area contributed by atoms with Crippen molar-refractivity contribution in [3.8, 4) is 0 Å². The van der Waals surface area contributed by atoms with E-state index in [1.165, 1.54) is 56.2 Å². The summed E-state index contributed by atoms with van der Waals surface area (Å²) in [6, 6.07) is 12.9. The average molecular weight is 1120 g/mol. The number of hydrogen-bond donors (Lipinski definition) is 5. The Bertz CT molecular complexity index is 3000. The summed E-state index contributed by atoms with van der Waals surface area (Å²) < 4.78 is 0. The predicted octanol–water partition coefficient (Wildman–Crippen LogP) is 13.8. The van der Waals surface area contributed by atoms with Crippen LogP contribution in [0.2, 0.25) is 0 Å². The van der Waals surface area contributed by atoms with Gasteiger partial charge in [-0.1, -0.05) is 129 Å². The van der Waals surface area contributed by atoms with Crippen molar-refractivity contribution in [2.45, 2.75) is 141 Å². The van der Waals surface area contributed by atoms with Gasteiger partial charge in [-0.25, -0.2) is 4.98 Å². The molecule has 5 aliphatic rings. The van der Waals surface area contributed by atoms with Crippen molar-refractivity contribution in [3.63, 3.8) is 0 Å². The van der Waals surface area contributed by atoms with Crippen LogP contribution >= 0.6 is 20.8 Å². The number of allylic oxidation sites excluding steroid dienone is 7. The Labute approximate surface area is 489 Å². The molecule has 80 heavy (non-hydrogen) atoms. The summed E-state index contributed by atoms with van der Waals surface area (Å²) in [6.45, 7) is 53.7. The summed E-state index contributed by atoms with van der Waals surface area (Å²) >= 11 is 7.46. The van der Waals surface area contributed by atoms with E-state index in [1.807, 2.05) is 0 Å². The van der Waals surface area contributed by atoms with Crippen LogP contribution in [0.3, 0.4) is 0 Å². The van der Waals surface area contributed by atoms with Crippen molar-refractivity contribution in [3.05, 3.63) is 197 Å². The summed E-state index contributed by atoms with van der Waals surface area (Å²) in [5.74, 6) is 2.57. The first-order valence-corrected chi connectivity index (χ1v) is 30.7. The Morgan fingerprint density at radius 3 is 2.29 bits per heavy atom. The van der Waals surface area contributed by atoms with Gasteiger partial charge in [-0.2, -0.15) is 0 Å². The maximum Gasteiger partial charge on any atom is 0.0928 e. The van der Waals surface area contributed by atoms with Gasteiger partial charge in [-0.3, -0.25) is 0 Å². The number of halogens is 1. The molecule has 9 nitrogen and oxygen atoms in total. The lowest BCUT2D eigenvalue weighted by Gasteiger charge is -2.41. The molecule has 0 saturated heterocycles. The number of benzene rings is 2. The number of aryl methyl sites for hydroxylation is 1. The standard InChI is InChI=1S/C69H95ClN9P/c1-16-55-50(10)58(55)35-46(6)71-33-23-19-20-25-44(4)72-39-47(7)73-41-49(9)78(15)63(36-54-27-21-18-22-28-54)52(12)74-40-48(8)77(14)34-24-26-45(5)75-61-32-31-56-51(11)65(80)38-62-66(56)67(61)59-42-79-53(13)57-30-29-43(3)69(70,17-2)60(57)37-64(79)68(59)76-62/h18,21-22,27-28,37-38,50,55,58,61,63,71-75H,3-9,12-13,16-17,19-20,23-26,29-36,39-42,80H2,1-2,10-11,14-15H3/t50?,55?,58?,61?,63?,69-/m1/s1. The number of likely N-dealkylation sites (N-methyl/N-ethyl adjacent to an activating group) is 2. The van der Waals surface area contributed by atoms with E-state index in [0.717, 1.165) is 189 Å². The molecule has 428 valence electrons. The minimum absolute atomic E-state index is 0.0409. The molecule has 2 aromatic carbocycles. The van der Waals surface area contributed by atoms with Gasteiger partial charge in [0.2, 0.25) is 0 Å². The Kier molecular flexibility index (Phi) is 19.8. The van der Waals surface area contributed by atoms with Crippen LogP contribution in [-0.4, -0.2) is 77.4 Å². The number of alkyl halides is 1. The first-order valence-electron chi connectivity index (χ1n) is 29.7. The van der Waals surface area contributed by atoms with Gasteiger partial charge < -0.3 is 41.3 Å². The molecule has 2 aliphatic heterocycles. The number of pyridine rings is 1. The fourth-order valence-electron chi connectivity index (χ4n) is 13.1. The Hall–Kier alpha value is -5.89. The van der Waals surface area contributed by atoms with Crippen molar-refractivity contribution < 1.29 is 0 Å². The number of rotatable bonds is 32. The Morgan fingerprint density at radius 1 is 0.838 bits per heavy atom. The minimum Gasteiger partial charge on any atom is -0.389 e. The van der Waals surface area contributed by atoms with Crippen LogP contribution in [0.4, 0.5) is 0 Å². The highest BCUT2D eigenvalue weighted by molar-refractivity contribution is 7.27. The molecule has 6 unspecified atom stereocenters. The number of nitrogens with zero attached hydrogens (tertiary/aromatic N) is 4. The summed E-state index contributed by atoms with van der Waals surface area (Å²) in [7, 11) is 7.20. The van der Waals surface area contributed by atoms with Crippen molar-refractivity contribution >= 4 is 42.7 Å². The number of hydrogen-bond acceptors (Lipinski definition) is 9. The van der Waals surface area contributed by atoms with Crippen LogP contribution in [0.25, 0.3) is 16.6 Å². The van der Waals surface area contributed by atoms with Crippen LogP contribution in [0.15, 0.2) is 164 Å². The van der Waals surface area contributed by atoms with E-state index in [0.29, 0.717) is 19.6 Å². The molecular formula is C69H95ClN9P. The van der Waals surface area contributed by atoms with Gasteiger partial charge in [-0.15, -0.1) is 20.8 Å². The van der Waals surface area contributed by atoms with Crippen LogP contribution in [0.1, 0.15) is 137 Å². The van der Waals surface area contributed by atoms with Gasteiger partial charge in [0, 0.05) is 83.7 Å². The summed E-state index contributed by atoms with van der Waals surface area (Å²) in [5, 5.41) is 20.7. The van der Waals surface area contributed by atoms with Crippen molar-refractivity contribution in [2.24, 2.45) is 17.8 Å². The highest BCUT2D eigenvalue weighted by atomic mass is 35.5. The van der Waals surface area contributed by atoms with E-state index in [4.69, 9.17) is 23.2 Å². The van der Waals surface area contributed by atoms with E-state index < -0.39 is 4.87 Å². The van der Waals surface area contributed by atoms with Gasteiger partial charge in [-0.05, 0) is 153 Å². The molecule has 8 rings (SSSR count). The summed E-state index contributed by atoms with van der Waals surface area (Å²) in [5.41, 5.74) is 21.4. The zero-order valence-electron chi connectivity index (χ0n) is 49.7. The third kappa shape index (κ3) is 13.4. The second-order valence-corrected chi connectivity index (χ2v) is 25.0. The molecule has 0 spiro atoms. The Balaban J connectivity index is 0.799. The van der Waals surface area contributed by atoms with E-state index in [1.54, 1.807) is 0 Å². The number of aromatic nitrogens is 1. The van der Waals surface area contributed by atoms with Gasteiger partial charge in [0.15, 0.2) is 0 Å². The topological polar surface area (TPSA) is 82.8 Å². The third-order valence-electron chi connectivity index (χ3n) is 18.5. The summed E-state index contributed by atoms with van der Waals surface area (Å²) in [4.78, 5) is 11.8. The molecule has 0 radical (unpaired) electrons. The Morgan fingerprint density at radius 2 is 1.56 bits per heavy atom. The molecule has 7 atom stereocenters. The molecule has 3 heterocycles. The second kappa shape index (κ2) is 26.4. The quantitative estimate of drug-likeness (QED) is 0.0182. The number of fused-ring (bicyclic) bond motifs is 4. The molecule has 1 fully saturated rings. The lowest BCUT2D eigenvalue weighted by Crippen LogP contribution is -2.42. The van der Waals surface area contributed by atoms with Crippen LogP contribution in [0, 0.1) is 24.7 Å². The van der Waals surface area contributed by atoms with Gasteiger partial charge in [0.05, 0.1) is 60.0 Å². The normalized spacial score (nSPS) is 20.9. The van der Waals surface area contributed by atoms with E-state index in [9.17, 15) is 0 Å². The fourth-order valence-corrected chi connectivity index (χ4v) is 13.6. The third-order valence-corrected chi connectivity index (χ3v) is 19.9. The highest BCUT2D eigenvalue weighted by Gasteiger charge is 2.46. The molecule has 5 N–H and O–H groups in total. The van der Waals surface area contributed by atoms with Crippen LogP contribution in [0.5, 0.6) is 0 Å². The predicted molar refractivity (Wildman–Crippen MR) is 346 cm³/mol. The molecule has 1 saturated carbocycles. The minimum atomic E-state index is -0.598. The lowest BCUT2D eigenvalue weighted by molar-refractivity contribution is 0.317. The van der Waals surface area contributed by atoms with Crippen LogP contribution in [-0.2, 0) is 19.4 Å². The average Bonchev–Trinajstić information content (AvgIpc) is 4.11. The maximum absolute atomic E-state index is 7.46. The summed E-state index contributed by atoms with van der Waals surface area (Å²) in [6.07, 6.45) is 16.2. The smallest absolute Gasteiger partial charge is 0.0928 e. The van der Waals surface area contributed by atoms with E-state index in [-0.39, 0.29) is 12.1 Å². The molecule has 3 aromatic rings. The maximum atomic E-state index is 7.46. The zero-order chi connectivity index (χ0) is 57.6. The first-order chi connectivity index (χ1) is 38.3. The molecule has 0 bridgehead atoms. The van der Waals surface area contributed by atoms with E-state index >= 15 is 0 Å². The molecule has 3 aliphatic carbocycles. The van der Waals surface area contributed by atoms with E-state index in [2.05, 4.69) is 187 Å². The van der Waals surface area contributed by atoms with Gasteiger partial charge >= 0.3 is 0 Å². The molecule has 0 amide bonds. The largest absolute Gasteiger partial charge is 0.389 e. The number of unbranched alkanes of at least 4 members (excludes halogenated alkanes) is 2. The number of nitrogens with one attached hydrogen (secondary N) is 5. The van der Waals surface area contributed by atoms with Gasteiger partial charge in [0.25, 0.3) is 0 Å². The van der Waals surface area contributed by atoms with Crippen molar-refractivity contribution in [1.29, 1.82) is 0 Å². The van der Waals surface area contributed by atoms with Crippen LogP contribution < -0.4 is 31.9 Å². The van der Waals surface area contributed by atoms with Crippen molar-refractivity contribution in [1.82, 2.24) is 46.3 Å². The second-order valence-electron chi connectivity index (χ2n) is 23.8. The lowest BCUT2D eigenvalue weighted by atomic mass is 9.75. The first kappa shape index (κ1) is 60.2. The highest BCUT2D eigenvalue weighted by Crippen LogP contribution is 2.55. The fraction of sp³-hybridized carbons (Fsp3) is 0.464. The molecule has 1 aromatic heterocycles. The SMILES string of the molecule is C=C(CCCCCNC(=C)CC1C(C)C1CC)NCC(=C)NCC(=C)N(C)C(Cc1ccccc1)C(=C)NCC(=C)N(C)CCCC(=C)NC1CCc2c(C)c(P)cc3nc4c(c1c23)CN1C(=C)C2=C(C=C41)[C@@](Cl)(CC)C(=C)CC2. The molecular weight excluding hydrogens is 1020 g/mol.